The molecule has 0 N–H and O–H groups in total. The molecular formula is C10H14ClNS. The Morgan fingerprint density at radius 1 is 1.46 bits per heavy atom. The fourth-order valence-corrected chi connectivity index (χ4v) is 3.40. The molecule has 0 amide bonds. The van der Waals surface area contributed by atoms with Gasteiger partial charge >= 0.3 is 0 Å². The van der Waals surface area contributed by atoms with Gasteiger partial charge in [-0.1, -0.05) is 12.8 Å². The van der Waals surface area contributed by atoms with E-state index in [0.717, 1.165) is 10.9 Å². The summed E-state index contributed by atoms with van der Waals surface area (Å²) in [6, 6.07) is 0. The van der Waals surface area contributed by atoms with Crippen molar-refractivity contribution in [2.45, 2.75) is 44.4 Å². The van der Waals surface area contributed by atoms with E-state index in [2.05, 4.69) is 11.9 Å². The summed E-state index contributed by atoms with van der Waals surface area (Å²) in [5.41, 5.74) is 1.22. The molecule has 0 radical (unpaired) electrons. The average Bonchev–Trinajstić information content (AvgIpc) is 2.72. The molecule has 0 bridgehead atoms. The van der Waals surface area contributed by atoms with Crippen molar-refractivity contribution in [1.82, 2.24) is 4.98 Å². The van der Waals surface area contributed by atoms with Crippen molar-refractivity contribution in [2.75, 3.05) is 0 Å². The summed E-state index contributed by atoms with van der Waals surface area (Å²) in [5, 5.41) is 1.08. The Morgan fingerprint density at radius 2 is 2.15 bits per heavy atom. The van der Waals surface area contributed by atoms with Gasteiger partial charge in [0.15, 0.2) is 0 Å². The van der Waals surface area contributed by atoms with Crippen LogP contribution in [0.1, 0.15) is 47.2 Å². The third-order valence-electron chi connectivity index (χ3n) is 2.72. The number of halogens is 1. The van der Waals surface area contributed by atoms with Crippen LogP contribution in [0.2, 0.25) is 0 Å². The number of rotatable bonds is 2. The maximum absolute atomic E-state index is 5.77. The summed E-state index contributed by atoms with van der Waals surface area (Å²) in [6.07, 6.45) is 5.48. The number of hydrogen-bond acceptors (Lipinski definition) is 2. The normalized spacial score (nSPS) is 18.3. The molecule has 0 aromatic carbocycles. The standard InChI is InChI=1S/C10H14ClNS/c1-7-10(8-4-2-3-5-8)13-9(6-11)12-7/h8H,2-6H2,1H3. The Morgan fingerprint density at radius 3 is 2.69 bits per heavy atom. The summed E-state index contributed by atoms with van der Waals surface area (Å²) in [7, 11) is 0. The van der Waals surface area contributed by atoms with Crippen LogP contribution in [0.5, 0.6) is 0 Å². The number of alkyl halides is 1. The first-order valence-corrected chi connectivity index (χ1v) is 6.18. The highest BCUT2D eigenvalue weighted by Gasteiger charge is 2.21. The van der Waals surface area contributed by atoms with Gasteiger partial charge < -0.3 is 0 Å². The van der Waals surface area contributed by atoms with Gasteiger partial charge in [-0.05, 0) is 25.7 Å². The lowest BCUT2D eigenvalue weighted by Crippen LogP contribution is -1.90. The second kappa shape index (κ2) is 3.97. The van der Waals surface area contributed by atoms with Crippen LogP contribution in [0.3, 0.4) is 0 Å². The minimum absolute atomic E-state index is 0.568. The van der Waals surface area contributed by atoms with Crippen molar-refractivity contribution < 1.29 is 0 Å². The highest BCUT2D eigenvalue weighted by molar-refractivity contribution is 7.12. The highest BCUT2D eigenvalue weighted by Crippen LogP contribution is 2.38. The zero-order valence-electron chi connectivity index (χ0n) is 7.85. The minimum atomic E-state index is 0.568. The second-order valence-corrected chi connectivity index (χ2v) is 5.05. The predicted octanol–water partition coefficient (Wildman–Crippen LogP) is 3.85. The lowest BCUT2D eigenvalue weighted by Gasteiger charge is -2.05. The van der Waals surface area contributed by atoms with Gasteiger partial charge in [0.25, 0.3) is 0 Å². The molecule has 1 aromatic heterocycles. The van der Waals surface area contributed by atoms with Gasteiger partial charge in [0.1, 0.15) is 5.01 Å². The van der Waals surface area contributed by atoms with Gasteiger partial charge in [0.2, 0.25) is 0 Å². The maximum atomic E-state index is 5.77. The molecule has 0 saturated heterocycles. The van der Waals surface area contributed by atoms with Crippen LogP contribution in [0.15, 0.2) is 0 Å². The number of hydrogen-bond donors (Lipinski definition) is 0. The Kier molecular flexibility index (Phi) is 2.89. The molecule has 3 heteroatoms. The molecule has 0 atom stereocenters. The lowest BCUT2D eigenvalue weighted by molar-refractivity contribution is 0.730. The van der Waals surface area contributed by atoms with Crippen LogP contribution in [0, 0.1) is 6.92 Å². The van der Waals surface area contributed by atoms with Crippen molar-refractivity contribution in [3.63, 3.8) is 0 Å². The number of thiazole rings is 1. The molecule has 1 saturated carbocycles. The molecule has 1 aliphatic rings. The quantitative estimate of drug-likeness (QED) is 0.683. The smallest absolute Gasteiger partial charge is 0.108 e. The first-order chi connectivity index (χ1) is 6.31. The molecule has 0 unspecified atom stereocenters. The van der Waals surface area contributed by atoms with Gasteiger partial charge in [0, 0.05) is 4.88 Å². The van der Waals surface area contributed by atoms with E-state index < -0.39 is 0 Å². The van der Waals surface area contributed by atoms with Gasteiger partial charge in [-0.25, -0.2) is 4.98 Å². The van der Waals surface area contributed by atoms with Crippen LogP contribution in [-0.2, 0) is 5.88 Å². The number of aryl methyl sites for hydroxylation is 1. The van der Waals surface area contributed by atoms with E-state index in [1.807, 2.05) is 11.3 Å². The molecule has 1 heterocycles. The zero-order chi connectivity index (χ0) is 9.26. The number of aromatic nitrogens is 1. The van der Waals surface area contributed by atoms with Crippen molar-refractivity contribution >= 4 is 22.9 Å². The molecule has 1 nitrogen and oxygen atoms in total. The van der Waals surface area contributed by atoms with E-state index in [1.165, 1.54) is 36.3 Å². The Bertz CT molecular complexity index is 289. The van der Waals surface area contributed by atoms with E-state index in [9.17, 15) is 0 Å². The molecule has 13 heavy (non-hydrogen) atoms. The van der Waals surface area contributed by atoms with Crippen molar-refractivity contribution in [3.05, 3.63) is 15.6 Å². The van der Waals surface area contributed by atoms with Crippen molar-refractivity contribution in [2.24, 2.45) is 0 Å². The van der Waals surface area contributed by atoms with E-state index in [-0.39, 0.29) is 0 Å². The van der Waals surface area contributed by atoms with Crippen LogP contribution >= 0.6 is 22.9 Å². The Labute approximate surface area is 88.1 Å². The maximum Gasteiger partial charge on any atom is 0.108 e. The zero-order valence-corrected chi connectivity index (χ0v) is 9.42. The first-order valence-electron chi connectivity index (χ1n) is 4.83. The van der Waals surface area contributed by atoms with E-state index >= 15 is 0 Å². The van der Waals surface area contributed by atoms with Gasteiger partial charge in [-0.3, -0.25) is 0 Å². The summed E-state index contributed by atoms with van der Waals surface area (Å²) in [5.74, 6) is 1.35. The SMILES string of the molecule is Cc1nc(CCl)sc1C1CCCC1. The fraction of sp³-hybridized carbons (Fsp3) is 0.700. The number of nitrogens with zero attached hydrogens (tertiary/aromatic N) is 1. The summed E-state index contributed by atoms with van der Waals surface area (Å²) in [4.78, 5) is 5.95. The molecule has 2 rings (SSSR count). The highest BCUT2D eigenvalue weighted by atomic mass is 35.5. The topological polar surface area (TPSA) is 12.9 Å². The van der Waals surface area contributed by atoms with Crippen LogP contribution in [-0.4, -0.2) is 4.98 Å². The van der Waals surface area contributed by atoms with E-state index in [1.54, 1.807) is 0 Å². The second-order valence-electron chi connectivity index (χ2n) is 3.67. The van der Waals surface area contributed by atoms with Gasteiger partial charge in [-0.2, -0.15) is 0 Å². The van der Waals surface area contributed by atoms with E-state index in [0.29, 0.717) is 5.88 Å². The molecule has 72 valence electrons. The molecular weight excluding hydrogens is 202 g/mol. The predicted molar refractivity (Wildman–Crippen MR) is 57.6 cm³/mol. The summed E-state index contributed by atoms with van der Waals surface area (Å²) < 4.78 is 0. The minimum Gasteiger partial charge on any atom is -0.245 e. The van der Waals surface area contributed by atoms with E-state index in [4.69, 9.17) is 11.6 Å². The van der Waals surface area contributed by atoms with Crippen LogP contribution in [0.25, 0.3) is 0 Å². The van der Waals surface area contributed by atoms with Crippen molar-refractivity contribution in [1.29, 1.82) is 0 Å². The Balaban J connectivity index is 2.22. The molecule has 0 aliphatic heterocycles. The molecule has 0 spiro atoms. The summed E-state index contributed by atoms with van der Waals surface area (Å²) >= 11 is 7.58. The lowest BCUT2D eigenvalue weighted by atomic mass is 10.1. The van der Waals surface area contributed by atoms with Crippen LogP contribution < -0.4 is 0 Å². The monoisotopic (exact) mass is 215 g/mol. The van der Waals surface area contributed by atoms with Crippen molar-refractivity contribution in [3.8, 4) is 0 Å². The Hall–Kier alpha value is -0.0800. The largest absolute Gasteiger partial charge is 0.245 e. The molecule has 1 fully saturated rings. The third kappa shape index (κ3) is 1.89. The average molecular weight is 216 g/mol. The molecule has 1 aromatic rings. The first kappa shape index (κ1) is 9.47. The summed E-state index contributed by atoms with van der Waals surface area (Å²) in [6.45, 7) is 2.11. The van der Waals surface area contributed by atoms with Gasteiger partial charge in [0.05, 0.1) is 11.6 Å². The van der Waals surface area contributed by atoms with Gasteiger partial charge in [-0.15, -0.1) is 22.9 Å². The fourth-order valence-electron chi connectivity index (χ4n) is 2.09. The van der Waals surface area contributed by atoms with Crippen LogP contribution in [0.4, 0.5) is 0 Å². The molecule has 1 aliphatic carbocycles. The third-order valence-corrected chi connectivity index (χ3v) is 4.45.